The Bertz CT molecular complexity index is 321. The minimum Gasteiger partial charge on any atom is -0.490 e. The predicted octanol–water partition coefficient (Wildman–Crippen LogP) is 2.19. The van der Waals surface area contributed by atoms with Crippen LogP contribution in [0.2, 0.25) is 0 Å². The highest BCUT2D eigenvalue weighted by molar-refractivity contribution is 5.40. The monoisotopic (exact) mass is 193 g/mol. The zero-order valence-corrected chi connectivity index (χ0v) is 8.62. The van der Waals surface area contributed by atoms with E-state index in [0.29, 0.717) is 12.0 Å². The van der Waals surface area contributed by atoms with Crippen LogP contribution >= 0.6 is 0 Å². The van der Waals surface area contributed by atoms with Gasteiger partial charge in [-0.25, -0.2) is 4.98 Å². The zero-order valence-electron chi connectivity index (χ0n) is 8.62. The van der Waals surface area contributed by atoms with Crippen molar-refractivity contribution in [3.63, 3.8) is 0 Å². The van der Waals surface area contributed by atoms with Gasteiger partial charge in [-0.05, 0) is 25.3 Å². The van der Waals surface area contributed by atoms with Crippen molar-refractivity contribution >= 4 is 0 Å². The molecule has 3 heteroatoms. The van der Waals surface area contributed by atoms with Crippen molar-refractivity contribution in [2.45, 2.75) is 32.3 Å². The summed E-state index contributed by atoms with van der Waals surface area (Å²) in [6, 6.07) is 1.92. The molecule has 1 aromatic heterocycles. The largest absolute Gasteiger partial charge is 0.490 e. The maximum Gasteiger partial charge on any atom is 0.219 e. The van der Waals surface area contributed by atoms with Gasteiger partial charge in [0.2, 0.25) is 5.88 Å². The Morgan fingerprint density at radius 1 is 1.50 bits per heavy atom. The molecule has 1 aliphatic carbocycles. The number of hydrogen-bond acceptors (Lipinski definition) is 3. The molecule has 0 atom stereocenters. The summed E-state index contributed by atoms with van der Waals surface area (Å²) in [5.41, 5.74) is 1.07. The minimum absolute atomic E-state index is 0.424. The van der Waals surface area contributed by atoms with Crippen molar-refractivity contribution in [1.29, 1.82) is 0 Å². The van der Waals surface area contributed by atoms with Gasteiger partial charge in [-0.3, -0.25) is 0 Å². The van der Waals surface area contributed by atoms with Gasteiger partial charge in [0.15, 0.2) is 0 Å². The first-order valence-corrected chi connectivity index (χ1v) is 5.03. The van der Waals surface area contributed by atoms with Gasteiger partial charge in [-0.1, -0.05) is 6.92 Å². The van der Waals surface area contributed by atoms with Gasteiger partial charge in [0.05, 0.1) is 18.8 Å². The quantitative estimate of drug-likeness (QED) is 0.734. The van der Waals surface area contributed by atoms with Gasteiger partial charge in [0.25, 0.3) is 0 Å². The molecule has 1 saturated carbocycles. The van der Waals surface area contributed by atoms with E-state index >= 15 is 0 Å². The van der Waals surface area contributed by atoms with Crippen LogP contribution in [0.5, 0.6) is 11.6 Å². The molecule has 0 spiro atoms. The van der Waals surface area contributed by atoms with Crippen LogP contribution in [0.1, 0.15) is 25.3 Å². The molecule has 0 aromatic carbocycles. The lowest BCUT2D eigenvalue weighted by atomic mass is 10.2. The van der Waals surface area contributed by atoms with E-state index in [9.17, 15) is 0 Å². The van der Waals surface area contributed by atoms with E-state index in [0.717, 1.165) is 17.7 Å². The highest BCUT2D eigenvalue weighted by atomic mass is 16.5. The second-order valence-corrected chi connectivity index (χ2v) is 3.47. The molecule has 1 aliphatic rings. The molecule has 1 heterocycles. The second kappa shape index (κ2) is 3.86. The third kappa shape index (κ3) is 1.81. The number of methoxy groups -OCH3 is 1. The van der Waals surface area contributed by atoms with Crippen LogP contribution in [0.4, 0.5) is 0 Å². The van der Waals surface area contributed by atoms with Gasteiger partial charge in [0, 0.05) is 6.20 Å². The van der Waals surface area contributed by atoms with E-state index in [4.69, 9.17) is 9.47 Å². The summed E-state index contributed by atoms with van der Waals surface area (Å²) in [4.78, 5) is 4.15. The number of nitrogens with zero attached hydrogens (tertiary/aromatic N) is 1. The summed E-state index contributed by atoms with van der Waals surface area (Å²) in [7, 11) is 1.64. The molecule has 14 heavy (non-hydrogen) atoms. The fourth-order valence-electron chi connectivity index (χ4n) is 1.43. The summed E-state index contributed by atoms with van der Waals surface area (Å²) in [5, 5.41) is 0. The fraction of sp³-hybridized carbons (Fsp3) is 0.545. The van der Waals surface area contributed by atoms with Crippen LogP contribution in [0.3, 0.4) is 0 Å². The Balaban J connectivity index is 2.26. The van der Waals surface area contributed by atoms with Gasteiger partial charge in [-0.2, -0.15) is 0 Å². The molecule has 0 amide bonds. The van der Waals surface area contributed by atoms with Crippen molar-refractivity contribution in [3.8, 4) is 11.6 Å². The summed E-state index contributed by atoms with van der Waals surface area (Å²) in [5.74, 6) is 1.62. The molecular formula is C11H15NO2. The van der Waals surface area contributed by atoms with E-state index < -0.39 is 0 Å². The van der Waals surface area contributed by atoms with E-state index in [2.05, 4.69) is 11.9 Å². The first kappa shape index (κ1) is 9.31. The Hall–Kier alpha value is -1.25. The third-order valence-electron chi connectivity index (χ3n) is 2.34. The molecule has 0 bridgehead atoms. The first-order valence-electron chi connectivity index (χ1n) is 5.03. The van der Waals surface area contributed by atoms with Crippen molar-refractivity contribution in [2.75, 3.05) is 7.11 Å². The fourth-order valence-corrected chi connectivity index (χ4v) is 1.43. The second-order valence-electron chi connectivity index (χ2n) is 3.47. The molecule has 76 valence electrons. The number of hydrogen-bond donors (Lipinski definition) is 0. The highest BCUT2D eigenvalue weighted by Crippen LogP contribution is 2.32. The lowest BCUT2D eigenvalue weighted by Crippen LogP contribution is -2.02. The Kier molecular flexibility index (Phi) is 2.57. The van der Waals surface area contributed by atoms with Crippen LogP contribution in [-0.4, -0.2) is 18.2 Å². The van der Waals surface area contributed by atoms with E-state index in [1.54, 1.807) is 13.3 Å². The number of ether oxygens (including phenoxy) is 2. The molecule has 0 aliphatic heterocycles. The Morgan fingerprint density at radius 2 is 2.29 bits per heavy atom. The number of pyridine rings is 1. The first-order chi connectivity index (χ1) is 6.85. The lowest BCUT2D eigenvalue weighted by molar-refractivity contribution is 0.295. The smallest absolute Gasteiger partial charge is 0.219 e. The van der Waals surface area contributed by atoms with Crippen molar-refractivity contribution in [2.24, 2.45) is 0 Å². The molecule has 1 fully saturated rings. The Labute approximate surface area is 84.1 Å². The summed E-state index contributed by atoms with van der Waals surface area (Å²) < 4.78 is 11.0. The van der Waals surface area contributed by atoms with Gasteiger partial charge >= 0.3 is 0 Å². The van der Waals surface area contributed by atoms with Crippen LogP contribution in [0.25, 0.3) is 0 Å². The van der Waals surface area contributed by atoms with Gasteiger partial charge in [-0.15, -0.1) is 0 Å². The van der Waals surface area contributed by atoms with Crippen molar-refractivity contribution in [1.82, 2.24) is 4.98 Å². The SMILES string of the molecule is CCc1c(OC2CC2)ccnc1OC. The molecule has 0 saturated heterocycles. The van der Waals surface area contributed by atoms with Crippen LogP contribution in [0, 0.1) is 0 Å². The van der Waals surface area contributed by atoms with Gasteiger partial charge < -0.3 is 9.47 Å². The topological polar surface area (TPSA) is 31.4 Å². The molecule has 0 N–H and O–H groups in total. The molecule has 2 rings (SSSR count). The third-order valence-corrected chi connectivity index (χ3v) is 2.34. The average molecular weight is 193 g/mol. The molecular weight excluding hydrogens is 178 g/mol. The van der Waals surface area contributed by atoms with Gasteiger partial charge in [0.1, 0.15) is 5.75 Å². The van der Waals surface area contributed by atoms with Crippen molar-refractivity contribution < 1.29 is 9.47 Å². The normalized spacial score (nSPS) is 15.3. The van der Waals surface area contributed by atoms with Crippen LogP contribution in [-0.2, 0) is 6.42 Å². The average Bonchev–Trinajstić information content (AvgIpc) is 3.01. The van der Waals surface area contributed by atoms with Crippen LogP contribution < -0.4 is 9.47 Å². The maximum absolute atomic E-state index is 5.77. The minimum atomic E-state index is 0.424. The van der Waals surface area contributed by atoms with Crippen molar-refractivity contribution in [3.05, 3.63) is 17.8 Å². The Morgan fingerprint density at radius 3 is 2.86 bits per heavy atom. The number of rotatable bonds is 4. The van der Waals surface area contributed by atoms with E-state index in [-0.39, 0.29) is 0 Å². The molecule has 1 aromatic rings. The van der Waals surface area contributed by atoms with Crippen LogP contribution in [0.15, 0.2) is 12.3 Å². The molecule has 3 nitrogen and oxygen atoms in total. The summed E-state index contributed by atoms with van der Waals surface area (Å²) in [6.45, 7) is 2.08. The zero-order chi connectivity index (χ0) is 9.97. The van der Waals surface area contributed by atoms with E-state index in [1.807, 2.05) is 6.07 Å². The molecule has 0 radical (unpaired) electrons. The van der Waals surface area contributed by atoms with E-state index in [1.165, 1.54) is 12.8 Å². The number of aromatic nitrogens is 1. The lowest BCUT2D eigenvalue weighted by Gasteiger charge is -2.11. The molecule has 0 unspecified atom stereocenters. The predicted molar refractivity (Wildman–Crippen MR) is 53.8 cm³/mol. The maximum atomic E-state index is 5.77. The standard InChI is InChI=1S/C11H15NO2/c1-3-9-10(14-8-4-5-8)6-7-12-11(9)13-2/h6-8H,3-5H2,1-2H3. The highest BCUT2D eigenvalue weighted by Gasteiger charge is 2.25. The summed E-state index contributed by atoms with van der Waals surface area (Å²) in [6.07, 6.45) is 5.39. The summed E-state index contributed by atoms with van der Waals surface area (Å²) >= 11 is 0.